The second-order valence-corrected chi connectivity index (χ2v) is 6.48. The first-order chi connectivity index (χ1) is 8.78. The number of hydrogen-bond acceptors (Lipinski definition) is 2. The summed E-state index contributed by atoms with van der Waals surface area (Å²) in [7, 11) is 0. The molecule has 102 valence electrons. The molecule has 1 amide bonds. The Balaban J connectivity index is 1.42. The van der Waals surface area contributed by atoms with Gasteiger partial charge in [0.15, 0.2) is 0 Å². The summed E-state index contributed by atoms with van der Waals surface area (Å²) in [6.45, 7) is 3.36. The molecule has 0 aromatic rings. The van der Waals surface area contributed by atoms with Crippen LogP contribution in [-0.2, 0) is 4.79 Å². The van der Waals surface area contributed by atoms with Crippen LogP contribution in [0.5, 0.6) is 0 Å². The van der Waals surface area contributed by atoms with Gasteiger partial charge < -0.3 is 10.2 Å². The molecule has 0 aromatic carbocycles. The number of amides is 1. The van der Waals surface area contributed by atoms with Gasteiger partial charge in [0.05, 0.1) is 0 Å². The highest BCUT2D eigenvalue weighted by atomic mass is 16.1. The molecule has 0 bridgehead atoms. The minimum Gasteiger partial charge on any atom is -0.350 e. The molecule has 1 aliphatic heterocycles. The van der Waals surface area contributed by atoms with E-state index in [1.54, 1.807) is 0 Å². The van der Waals surface area contributed by atoms with Gasteiger partial charge in [0.2, 0.25) is 5.91 Å². The van der Waals surface area contributed by atoms with Crippen molar-refractivity contribution in [3.8, 4) is 0 Å². The summed E-state index contributed by atoms with van der Waals surface area (Å²) in [5, 5.41) is 3.37. The predicted molar refractivity (Wildman–Crippen MR) is 72.4 cm³/mol. The SMILES string of the molecule is O=C(CCN1CCCC1)NC1(C2CCCC2)CC1. The van der Waals surface area contributed by atoms with Gasteiger partial charge in [-0.15, -0.1) is 0 Å². The molecule has 0 aromatic heterocycles. The van der Waals surface area contributed by atoms with Crippen LogP contribution in [0.15, 0.2) is 0 Å². The molecule has 0 spiro atoms. The second-order valence-electron chi connectivity index (χ2n) is 6.48. The van der Waals surface area contributed by atoms with E-state index in [-0.39, 0.29) is 5.54 Å². The largest absolute Gasteiger partial charge is 0.350 e. The van der Waals surface area contributed by atoms with Crippen molar-refractivity contribution in [2.75, 3.05) is 19.6 Å². The molecule has 0 radical (unpaired) electrons. The average Bonchev–Trinajstić information content (AvgIpc) is 2.89. The van der Waals surface area contributed by atoms with Crippen LogP contribution in [0.4, 0.5) is 0 Å². The van der Waals surface area contributed by atoms with Gasteiger partial charge in [-0.05, 0) is 57.5 Å². The highest BCUT2D eigenvalue weighted by Crippen LogP contribution is 2.49. The quantitative estimate of drug-likeness (QED) is 0.812. The molecule has 0 unspecified atom stereocenters. The van der Waals surface area contributed by atoms with Crippen molar-refractivity contribution in [2.45, 2.75) is 63.3 Å². The molecule has 3 aliphatic rings. The van der Waals surface area contributed by atoms with Crippen molar-refractivity contribution in [2.24, 2.45) is 5.92 Å². The molecule has 3 nitrogen and oxygen atoms in total. The number of nitrogens with one attached hydrogen (secondary N) is 1. The fourth-order valence-corrected chi connectivity index (χ4v) is 3.85. The highest BCUT2D eigenvalue weighted by molar-refractivity contribution is 5.77. The van der Waals surface area contributed by atoms with Gasteiger partial charge in [0, 0.05) is 18.5 Å². The maximum Gasteiger partial charge on any atom is 0.221 e. The van der Waals surface area contributed by atoms with Crippen LogP contribution in [-0.4, -0.2) is 36.0 Å². The van der Waals surface area contributed by atoms with Crippen molar-refractivity contribution < 1.29 is 4.79 Å². The lowest BCUT2D eigenvalue weighted by Crippen LogP contribution is -2.42. The molecule has 2 aliphatic carbocycles. The van der Waals surface area contributed by atoms with E-state index in [0.29, 0.717) is 12.3 Å². The number of rotatable bonds is 5. The smallest absolute Gasteiger partial charge is 0.221 e. The van der Waals surface area contributed by atoms with Gasteiger partial charge in [0.1, 0.15) is 0 Å². The van der Waals surface area contributed by atoms with Crippen LogP contribution >= 0.6 is 0 Å². The average molecular weight is 250 g/mol. The number of likely N-dealkylation sites (tertiary alicyclic amines) is 1. The highest BCUT2D eigenvalue weighted by Gasteiger charge is 2.50. The number of carbonyl (C=O) groups is 1. The third-order valence-corrected chi connectivity index (χ3v) is 5.17. The Morgan fingerprint density at radius 3 is 2.39 bits per heavy atom. The van der Waals surface area contributed by atoms with E-state index in [9.17, 15) is 4.79 Å². The van der Waals surface area contributed by atoms with Crippen LogP contribution in [0.2, 0.25) is 0 Å². The third kappa shape index (κ3) is 2.71. The molecule has 1 N–H and O–H groups in total. The van der Waals surface area contributed by atoms with E-state index in [0.717, 1.165) is 12.5 Å². The van der Waals surface area contributed by atoms with Crippen LogP contribution in [0.3, 0.4) is 0 Å². The minimum atomic E-state index is 0.235. The molecule has 1 heterocycles. The molecule has 3 rings (SSSR count). The van der Waals surface area contributed by atoms with E-state index in [1.165, 1.54) is 64.5 Å². The normalized spacial score (nSPS) is 27.6. The minimum absolute atomic E-state index is 0.235. The summed E-state index contributed by atoms with van der Waals surface area (Å²) in [6, 6.07) is 0. The molecule has 3 fully saturated rings. The van der Waals surface area contributed by atoms with Gasteiger partial charge >= 0.3 is 0 Å². The zero-order valence-electron chi connectivity index (χ0n) is 11.4. The van der Waals surface area contributed by atoms with Crippen LogP contribution in [0, 0.1) is 5.92 Å². The second kappa shape index (κ2) is 5.20. The summed E-state index contributed by atoms with van der Waals surface area (Å²) < 4.78 is 0. The van der Waals surface area contributed by atoms with Crippen LogP contribution in [0.1, 0.15) is 57.8 Å². The molecular weight excluding hydrogens is 224 g/mol. The summed E-state index contributed by atoms with van der Waals surface area (Å²) in [5.41, 5.74) is 0.235. The third-order valence-electron chi connectivity index (χ3n) is 5.17. The van der Waals surface area contributed by atoms with E-state index in [4.69, 9.17) is 0 Å². The van der Waals surface area contributed by atoms with Crippen molar-refractivity contribution >= 4 is 5.91 Å². The Morgan fingerprint density at radius 2 is 1.78 bits per heavy atom. The Hall–Kier alpha value is -0.570. The first kappa shape index (κ1) is 12.5. The lowest BCUT2D eigenvalue weighted by Gasteiger charge is -2.24. The van der Waals surface area contributed by atoms with Crippen molar-refractivity contribution in [3.63, 3.8) is 0 Å². The molecule has 3 heteroatoms. The lowest BCUT2D eigenvalue weighted by atomic mass is 9.95. The Labute approximate surface area is 110 Å². The fraction of sp³-hybridized carbons (Fsp3) is 0.933. The van der Waals surface area contributed by atoms with Crippen LogP contribution in [0.25, 0.3) is 0 Å². The van der Waals surface area contributed by atoms with E-state index >= 15 is 0 Å². The molecule has 2 saturated carbocycles. The topological polar surface area (TPSA) is 32.3 Å². The van der Waals surface area contributed by atoms with Gasteiger partial charge in [-0.2, -0.15) is 0 Å². The molecular formula is C15H26N2O. The monoisotopic (exact) mass is 250 g/mol. The number of nitrogens with zero attached hydrogens (tertiary/aromatic N) is 1. The van der Waals surface area contributed by atoms with Crippen molar-refractivity contribution in [3.05, 3.63) is 0 Å². The fourth-order valence-electron chi connectivity index (χ4n) is 3.85. The van der Waals surface area contributed by atoms with E-state index < -0.39 is 0 Å². The van der Waals surface area contributed by atoms with Gasteiger partial charge in [-0.1, -0.05) is 12.8 Å². The summed E-state index contributed by atoms with van der Waals surface area (Å²) in [5.74, 6) is 1.08. The van der Waals surface area contributed by atoms with Crippen LogP contribution < -0.4 is 5.32 Å². The van der Waals surface area contributed by atoms with E-state index in [2.05, 4.69) is 10.2 Å². The first-order valence-electron chi connectivity index (χ1n) is 7.82. The van der Waals surface area contributed by atoms with Crippen molar-refractivity contribution in [1.29, 1.82) is 0 Å². The van der Waals surface area contributed by atoms with Gasteiger partial charge in [-0.3, -0.25) is 4.79 Å². The molecule has 1 saturated heterocycles. The van der Waals surface area contributed by atoms with E-state index in [1.807, 2.05) is 0 Å². The van der Waals surface area contributed by atoms with Crippen molar-refractivity contribution in [1.82, 2.24) is 10.2 Å². The first-order valence-corrected chi connectivity index (χ1v) is 7.82. The Bertz CT molecular complexity index is 300. The summed E-state index contributed by atoms with van der Waals surface area (Å²) in [4.78, 5) is 14.5. The molecule has 18 heavy (non-hydrogen) atoms. The van der Waals surface area contributed by atoms with Gasteiger partial charge in [-0.25, -0.2) is 0 Å². The zero-order valence-corrected chi connectivity index (χ0v) is 11.4. The predicted octanol–water partition coefficient (Wildman–Crippen LogP) is 2.31. The Morgan fingerprint density at radius 1 is 1.11 bits per heavy atom. The number of carbonyl (C=O) groups excluding carboxylic acids is 1. The van der Waals surface area contributed by atoms with Gasteiger partial charge in [0.25, 0.3) is 0 Å². The summed E-state index contributed by atoms with van der Waals surface area (Å²) in [6.07, 6.45) is 11.2. The molecule has 0 atom stereocenters. The number of hydrogen-bond donors (Lipinski definition) is 1. The zero-order chi connectivity index (χ0) is 12.4. The lowest BCUT2D eigenvalue weighted by molar-refractivity contribution is -0.122. The maximum atomic E-state index is 12.1. The Kier molecular flexibility index (Phi) is 3.60. The standard InChI is InChI=1S/C15H26N2O/c18-14(7-12-17-10-3-4-11-17)16-15(8-9-15)13-5-1-2-6-13/h13H,1-12H2,(H,16,18). The maximum absolute atomic E-state index is 12.1. The summed E-state index contributed by atoms with van der Waals surface area (Å²) >= 11 is 0.